The van der Waals surface area contributed by atoms with Crippen LogP contribution in [0, 0.1) is 0 Å². The van der Waals surface area contributed by atoms with Crippen LogP contribution in [0.1, 0.15) is 35.6 Å². The molecule has 7 heteroatoms. The second-order valence-corrected chi connectivity index (χ2v) is 8.82. The molecule has 1 aliphatic carbocycles. The molecule has 0 aromatic heterocycles. The number of aryl methyl sites for hydroxylation is 1. The maximum absolute atomic E-state index is 13.3. The van der Waals surface area contributed by atoms with E-state index in [1.165, 1.54) is 14.2 Å². The number of rotatable bonds is 5. The third-order valence-electron chi connectivity index (χ3n) is 5.23. The van der Waals surface area contributed by atoms with Gasteiger partial charge in [0.1, 0.15) is 6.10 Å². The highest BCUT2D eigenvalue weighted by molar-refractivity contribution is 7.92. The second kappa shape index (κ2) is 7.72. The minimum absolute atomic E-state index is 0.232. The number of hydrogen-bond donors (Lipinski definition) is 0. The molecule has 0 spiro atoms. The zero-order valence-electron chi connectivity index (χ0n) is 14.9. The first-order chi connectivity index (χ1) is 12.0. The predicted octanol–water partition coefficient (Wildman–Crippen LogP) is 2.23. The molecule has 6 nitrogen and oxygen atoms in total. The zero-order chi connectivity index (χ0) is 18.0. The molecule has 0 N–H and O–H groups in total. The predicted molar refractivity (Wildman–Crippen MR) is 92.9 cm³/mol. The average Bonchev–Trinajstić information content (AvgIpc) is 2.66. The van der Waals surface area contributed by atoms with Gasteiger partial charge in [0.05, 0.1) is 11.4 Å². The van der Waals surface area contributed by atoms with Gasteiger partial charge >= 0.3 is 0 Å². The van der Waals surface area contributed by atoms with Crippen LogP contribution < -0.4 is 0 Å². The fourth-order valence-electron chi connectivity index (χ4n) is 3.91. The van der Waals surface area contributed by atoms with Gasteiger partial charge in [-0.2, -0.15) is 0 Å². The van der Waals surface area contributed by atoms with Gasteiger partial charge in [0.25, 0.3) is 0 Å². The van der Waals surface area contributed by atoms with E-state index in [1.807, 2.05) is 24.3 Å². The van der Waals surface area contributed by atoms with Gasteiger partial charge in [0.2, 0.25) is 0 Å². The van der Waals surface area contributed by atoms with Crippen molar-refractivity contribution in [3.63, 3.8) is 0 Å². The van der Waals surface area contributed by atoms with Crippen LogP contribution in [-0.2, 0) is 35.2 Å². The van der Waals surface area contributed by atoms with E-state index in [2.05, 4.69) is 0 Å². The number of sulfone groups is 1. The first kappa shape index (κ1) is 18.8. The Balaban J connectivity index is 1.90. The molecule has 1 aromatic carbocycles. The molecular formula is C18H26O6S. The number of methoxy groups -OCH3 is 3. The lowest BCUT2D eigenvalue weighted by Crippen LogP contribution is -2.53. The molecule has 0 radical (unpaired) electrons. The van der Waals surface area contributed by atoms with Crippen LogP contribution in [0.4, 0.5) is 0 Å². The number of hydrogen-bond acceptors (Lipinski definition) is 6. The SMILES string of the molecule is CO[C@H]1O[C@H](S(=O)(=O)C2CCCc3ccccc32)C[C@@H](OC)[C@@H]1OC. The Morgan fingerprint density at radius 1 is 1.08 bits per heavy atom. The van der Waals surface area contributed by atoms with Crippen molar-refractivity contribution in [1.82, 2.24) is 0 Å². The molecule has 1 heterocycles. The summed E-state index contributed by atoms with van der Waals surface area (Å²) < 4.78 is 48.6. The van der Waals surface area contributed by atoms with Crippen LogP contribution in [0.3, 0.4) is 0 Å². The summed E-state index contributed by atoms with van der Waals surface area (Å²) in [7, 11) is 1.02. The van der Waals surface area contributed by atoms with E-state index in [0.717, 1.165) is 24.0 Å². The van der Waals surface area contributed by atoms with Gasteiger partial charge in [-0.1, -0.05) is 24.3 Å². The van der Waals surface area contributed by atoms with E-state index >= 15 is 0 Å². The maximum Gasteiger partial charge on any atom is 0.187 e. The van der Waals surface area contributed by atoms with Gasteiger partial charge in [0.15, 0.2) is 21.6 Å². The topological polar surface area (TPSA) is 71.1 Å². The molecule has 5 atom stereocenters. The molecule has 1 fully saturated rings. The minimum Gasteiger partial charge on any atom is -0.378 e. The highest BCUT2D eigenvalue weighted by Gasteiger charge is 2.47. The zero-order valence-corrected chi connectivity index (χ0v) is 15.7. The number of benzene rings is 1. The molecule has 1 unspecified atom stereocenters. The molecule has 0 saturated carbocycles. The Morgan fingerprint density at radius 2 is 1.84 bits per heavy atom. The van der Waals surface area contributed by atoms with Crippen LogP contribution in [-0.4, -0.2) is 53.7 Å². The fourth-order valence-corrected chi connectivity index (χ4v) is 6.08. The summed E-state index contributed by atoms with van der Waals surface area (Å²) >= 11 is 0. The fraction of sp³-hybridized carbons (Fsp3) is 0.667. The summed E-state index contributed by atoms with van der Waals surface area (Å²) in [6, 6.07) is 7.77. The Labute approximate surface area is 149 Å². The summed E-state index contributed by atoms with van der Waals surface area (Å²) in [5.74, 6) is 0. The van der Waals surface area contributed by atoms with Gasteiger partial charge in [-0.15, -0.1) is 0 Å². The van der Waals surface area contributed by atoms with Crippen molar-refractivity contribution in [2.75, 3.05) is 21.3 Å². The Hall–Kier alpha value is -0.990. The average molecular weight is 370 g/mol. The van der Waals surface area contributed by atoms with Crippen molar-refractivity contribution < 1.29 is 27.4 Å². The number of ether oxygens (including phenoxy) is 4. The largest absolute Gasteiger partial charge is 0.378 e. The van der Waals surface area contributed by atoms with Crippen LogP contribution in [0.5, 0.6) is 0 Å². The summed E-state index contributed by atoms with van der Waals surface area (Å²) in [6.45, 7) is 0. The molecule has 0 amide bonds. The van der Waals surface area contributed by atoms with Crippen molar-refractivity contribution in [1.29, 1.82) is 0 Å². The molecule has 1 saturated heterocycles. The van der Waals surface area contributed by atoms with E-state index < -0.39 is 39.0 Å². The first-order valence-electron chi connectivity index (χ1n) is 8.57. The quantitative estimate of drug-likeness (QED) is 0.792. The van der Waals surface area contributed by atoms with E-state index in [0.29, 0.717) is 6.42 Å². The number of fused-ring (bicyclic) bond motifs is 1. The standard InChI is InChI=1S/C18H26O6S/c1-21-14-11-16(24-18(23-3)17(14)22-2)25(19,20)15-10-6-8-12-7-4-5-9-13(12)15/h4-5,7,9,14-18H,6,8,10-11H2,1-3H3/t14-,15?,16-,17+,18+/m1/s1. The minimum atomic E-state index is -3.55. The van der Waals surface area contributed by atoms with Crippen molar-refractivity contribution in [2.24, 2.45) is 0 Å². The smallest absolute Gasteiger partial charge is 0.187 e. The van der Waals surface area contributed by atoms with Gasteiger partial charge in [-0.3, -0.25) is 0 Å². The van der Waals surface area contributed by atoms with Crippen LogP contribution in [0.15, 0.2) is 24.3 Å². The van der Waals surface area contributed by atoms with Gasteiger partial charge in [-0.25, -0.2) is 8.42 Å². The third-order valence-corrected chi connectivity index (χ3v) is 7.55. The third kappa shape index (κ3) is 3.48. The monoisotopic (exact) mass is 370 g/mol. The lowest BCUT2D eigenvalue weighted by atomic mass is 9.91. The van der Waals surface area contributed by atoms with Crippen molar-refractivity contribution in [3.05, 3.63) is 35.4 Å². The Kier molecular flexibility index (Phi) is 5.80. The molecular weight excluding hydrogens is 344 g/mol. The summed E-state index contributed by atoms with van der Waals surface area (Å²) in [6.07, 6.45) is 0.985. The highest BCUT2D eigenvalue weighted by Crippen LogP contribution is 2.40. The Morgan fingerprint density at radius 3 is 2.52 bits per heavy atom. The molecule has 1 aliphatic heterocycles. The molecule has 0 bridgehead atoms. The molecule has 140 valence electrons. The molecule has 1 aromatic rings. The summed E-state index contributed by atoms with van der Waals surface area (Å²) in [5.41, 5.74) is 1.04. The molecule has 2 aliphatic rings. The normalized spacial score (nSPS) is 33.0. The summed E-state index contributed by atoms with van der Waals surface area (Å²) in [5, 5.41) is -0.545. The van der Waals surface area contributed by atoms with Crippen LogP contribution in [0.2, 0.25) is 0 Å². The van der Waals surface area contributed by atoms with E-state index in [1.54, 1.807) is 7.11 Å². The maximum atomic E-state index is 13.3. The lowest BCUT2D eigenvalue weighted by Gasteiger charge is -2.40. The van der Waals surface area contributed by atoms with Crippen LogP contribution in [0.25, 0.3) is 0 Å². The van der Waals surface area contributed by atoms with Gasteiger partial charge in [0, 0.05) is 27.8 Å². The highest BCUT2D eigenvalue weighted by atomic mass is 32.2. The van der Waals surface area contributed by atoms with E-state index in [-0.39, 0.29) is 6.42 Å². The molecule has 25 heavy (non-hydrogen) atoms. The van der Waals surface area contributed by atoms with E-state index in [4.69, 9.17) is 18.9 Å². The molecule has 3 rings (SSSR count). The van der Waals surface area contributed by atoms with E-state index in [9.17, 15) is 8.42 Å². The van der Waals surface area contributed by atoms with Gasteiger partial charge in [-0.05, 0) is 30.4 Å². The van der Waals surface area contributed by atoms with Gasteiger partial charge < -0.3 is 18.9 Å². The van der Waals surface area contributed by atoms with Crippen LogP contribution >= 0.6 is 0 Å². The van der Waals surface area contributed by atoms with Crippen molar-refractivity contribution in [3.8, 4) is 0 Å². The lowest BCUT2D eigenvalue weighted by molar-refractivity contribution is -0.253. The Bertz CT molecular complexity index is 675. The van der Waals surface area contributed by atoms with Crippen molar-refractivity contribution in [2.45, 2.75) is 54.9 Å². The van der Waals surface area contributed by atoms with Crippen molar-refractivity contribution >= 4 is 9.84 Å². The first-order valence-corrected chi connectivity index (χ1v) is 10.2. The summed E-state index contributed by atoms with van der Waals surface area (Å²) in [4.78, 5) is 0. The second-order valence-electron chi connectivity index (χ2n) is 6.55.